The van der Waals surface area contributed by atoms with Crippen molar-refractivity contribution in [3.8, 4) is 0 Å². The predicted octanol–water partition coefficient (Wildman–Crippen LogP) is 0.984. The summed E-state index contributed by atoms with van der Waals surface area (Å²) >= 11 is 4.38. The molecule has 0 unspecified atom stereocenters. The topological polar surface area (TPSA) is 159 Å². The molecule has 11 heteroatoms. The van der Waals surface area contributed by atoms with Gasteiger partial charge in [-0.2, -0.15) is 4.99 Å². The van der Waals surface area contributed by atoms with Crippen LogP contribution in [-0.2, 0) is 20.0 Å². The van der Waals surface area contributed by atoms with Crippen molar-refractivity contribution >= 4 is 48.8 Å². The highest BCUT2D eigenvalue weighted by Crippen LogP contribution is 2.14. The van der Waals surface area contributed by atoms with E-state index >= 15 is 0 Å². The van der Waals surface area contributed by atoms with E-state index in [0.29, 0.717) is 11.4 Å². The first-order valence-electron chi connectivity index (χ1n) is 6.13. The van der Waals surface area contributed by atoms with Gasteiger partial charge in [0.25, 0.3) is 0 Å². The first-order valence-corrected chi connectivity index (χ1v) is 9.63. The Labute approximate surface area is 145 Å². The van der Waals surface area contributed by atoms with Gasteiger partial charge in [0.2, 0.25) is 20.0 Å². The number of primary sulfonamides is 2. The third-order valence-corrected chi connectivity index (χ3v) is 4.50. The van der Waals surface area contributed by atoms with E-state index < -0.39 is 20.0 Å². The summed E-state index contributed by atoms with van der Waals surface area (Å²) < 4.78 is 43.0. The van der Waals surface area contributed by atoms with E-state index in [1.807, 2.05) is 0 Å². The van der Waals surface area contributed by atoms with Crippen LogP contribution in [0.15, 0.2) is 63.3 Å². The highest BCUT2D eigenvalue weighted by molar-refractivity contribution is 7.89. The van der Waals surface area contributed by atoms with Crippen LogP contribution in [0, 0.1) is 0 Å². The Hall–Kier alpha value is -2.14. The molecule has 8 nitrogen and oxygen atoms in total. The Morgan fingerprint density at radius 1 is 0.792 bits per heavy atom. The predicted molar refractivity (Wildman–Crippen MR) is 94.7 cm³/mol. The van der Waals surface area contributed by atoms with Crippen molar-refractivity contribution in [2.24, 2.45) is 15.3 Å². The van der Waals surface area contributed by atoms with Crippen molar-refractivity contribution in [3.05, 3.63) is 48.5 Å². The average molecular weight is 386 g/mol. The zero-order valence-electron chi connectivity index (χ0n) is 12.2. The second-order valence-electron chi connectivity index (χ2n) is 4.36. The molecular formula is C13H14N4O4S3. The number of nitrogen functional groups attached to an aromatic ring is 1. The zero-order valence-corrected chi connectivity index (χ0v) is 14.6. The molecule has 2 aromatic carbocycles. The molecule has 0 heterocycles. The summed E-state index contributed by atoms with van der Waals surface area (Å²) in [7, 11) is -7.20. The highest BCUT2D eigenvalue weighted by atomic mass is 32.2. The summed E-state index contributed by atoms with van der Waals surface area (Å²) in [6, 6.07) is 11.4. The summed E-state index contributed by atoms with van der Waals surface area (Å²) in [5.41, 5.74) is 6.39. The SMILES string of the molecule is NS(=O)(=O)c1ccc(N=C=S)cc1.Nc1ccc(S(N)(=O)=O)cc1. The molecule has 0 bridgehead atoms. The number of hydrogen-bond donors (Lipinski definition) is 3. The molecule has 0 spiro atoms. The molecule has 0 saturated heterocycles. The normalized spacial score (nSPS) is 10.9. The van der Waals surface area contributed by atoms with E-state index in [9.17, 15) is 16.8 Å². The van der Waals surface area contributed by atoms with Gasteiger partial charge in [0.05, 0.1) is 20.6 Å². The molecule has 2 rings (SSSR count). The van der Waals surface area contributed by atoms with Crippen LogP contribution in [0.3, 0.4) is 0 Å². The van der Waals surface area contributed by atoms with E-state index in [2.05, 4.69) is 22.4 Å². The van der Waals surface area contributed by atoms with E-state index in [4.69, 9.17) is 16.0 Å². The van der Waals surface area contributed by atoms with E-state index in [1.165, 1.54) is 48.5 Å². The number of isothiocyanates is 1. The van der Waals surface area contributed by atoms with Gasteiger partial charge in [-0.05, 0) is 60.7 Å². The average Bonchev–Trinajstić information content (AvgIpc) is 2.47. The summed E-state index contributed by atoms with van der Waals surface area (Å²) in [5, 5.41) is 11.9. The van der Waals surface area contributed by atoms with Gasteiger partial charge in [0, 0.05) is 5.69 Å². The maximum atomic E-state index is 10.8. The molecule has 0 aliphatic heterocycles. The lowest BCUT2D eigenvalue weighted by Gasteiger charge is -1.96. The smallest absolute Gasteiger partial charge is 0.238 e. The molecule has 2 aromatic rings. The lowest BCUT2D eigenvalue weighted by molar-refractivity contribution is 0.596. The fraction of sp³-hybridized carbons (Fsp3) is 0. The Morgan fingerprint density at radius 3 is 1.50 bits per heavy atom. The second kappa shape index (κ2) is 8.11. The number of aliphatic imine (C=N–C) groups is 1. The van der Waals surface area contributed by atoms with Crippen LogP contribution in [0.2, 0.25) is 0 Å². The van der Waals surface area contributed by atoms with Crippen molar-refractivity contribution < 1.29 is 16.8 Å². The minimum atomic E-state index is -3.62. The van der Waals surface area contributed by atoms with Crippen LogP contribution in [0.4, 0.5) is 11.4 Å². The fourth-order valence-corrected chi connectivity index (χ4v) is 2.56. The monoisotopic (exact) mass is 386 g/mol. The largest absolute Gasteiger partial charge is 0.399 e. The standard InChI is InChI=1S/C7H6N2O2S2.C6H8N2O2S/c8-13(10,11)7-3-1-6(2-4-7)9-5-12;7-5-1-3-6(4-2-5)11(8,9)10/h1-4H,(H2,8,10,11);1-4H,7H2,(H2,8,9,10). The van der Waals surface area contributed by atoms with Gasteiger partial charge in [0.15, 0.2) is 0 Å². The molecule has 128 valence electrons. The molecule has 6 N–H and O–H groups in total. The Balaban J connectivity index is 0.000000243. The zero-order chi connectivity index (χ0) is 18.4. The molecular weight excluding hydrogens is 372 g/mol. The fourth-order valence-electron chi connectivity index (χ4n) is 1.42. The third kappa shape index (κ3) is 6.54. The third-order valence-electron chi connectivity index (χ3n) is 2.55. The van der Waals surface area contributed by atoms with E-state index in [1.54, 1.807) is 0 Å². The van der Waals surface area contributed by atoms with E-state index in [-0.39, 0.29) is 9.79 Å². The van der Waals surface area contributed by atoms with Gasteiger partial charge >= 0.3 is 0 Å². The number of anilines is 1. The van der Waals surface area contributed by atoms with Crippen molar-refractivity contribution in [1.29, 1.82) is 0 Å². The van der Waals surface area contributed by atoms with Gasteiger partial charge in [-0.1, -0.05) is 0 Å². The Morgan fingerprint density at radius 2 is 1.17 bits per heavy atom. The van der Waals surface area contributed by atoms with Gasteiger partial charge < -0.3 is 5.73 Å². The molecule has 0 saturated carbocycles. The maximum Gasteiger partial charge on any atom is 0.238 e. The molecule has 0 aliphatic carbocycles. The first kappa shape index (κ1) is 19.9. The van der Waals surface area contributed by atoms with Crippen molar-refractivity contribution in [2.45, 2.75) is 9.79 Å². The minimum absolute atomic E-state index is 0.0517. The number of nitrogens with two attached hydrogens (primary N) is 3. The Kier molecular flexibility index (Phi) is 6.72. The van der Waals surface area contributed by atoms with Gasteiger partial charge in [-0.3, -0.25) is 0 Å². The van der Waals surface area contributed by atoms with Gasteiger partial charge in [0.1, 0.15) is 0 Å². The van der Waals surface area contributed by atoms with Crippen LogP contribution >= 0.6 is 12.2 Å². The minimum Gasteiger partial charge on any atom is -0.399 e. The Bertz CT molecular complexity index is 947. The number of rotatable bonds is 3. The van der Waals surface area contributed by atoms with Crippen LogP contribution in [0.1, 0.15) is 0 Å². The van der Waals surface area contributed by atoms with Crippen molar-refractivity contribution in [2.75, 3.05) is 5.73 Å². The van der Waals surface area contributed by atoms with Crippen LogP contribution in [0.25, 0.3) is 0 Å². The van der Waals surface area contributed by atoms with Crippen LogP contribution < -0.4 is 16.0 Å². The van der Waals surface area contributed by atoms with E-state index in [0.717, 1.165) is 0 Å². The van der Waals surface area contributed by atoms with Crippen LogP contribution in [-0.4, -0.2) is 22.0 Å². The molecule has 0 aromatic heterocycles. The molecule has 0 amide bonds. The maximum absolute atomic E-state index is 10.8. The van der Waals surface area contributed by atoms with Gasteiger partial charge in [-0.15, -0.1) is 0 Å². The van der Waals surface area contributed by atoms with Crippen LogP contribution in [0.5, 0.6) is 0 Å². The molecule has 0 atom stereocenters. The molecule has 24 heavy (non-hydrogen) atoms. The summed E-state index contributed by atoms with van der Waals surface area (Å²) in [4.78, 5) is 3.79. The molecule has 0 radical (unpaired) electrons. The number of sulfonamides is 2. The molecule has 0 aliphatic rings. The van der Waals surface area contributed by atoms with Gasteiger partial charge in [-0.25, -0.2) is 27.1 Å². The number of nitrogens with zero attached hydrogens (tertiary/aromatic N) is 1. The highest BCUT2D eigenvalue weighted by Gasteiger charge is 2.06. The molecule has 0 fully saturated rings. The number of hydrogen-bond acceptors (Lipinski definition) is 7. The quantitative estimate of drug-likeness (QED) is 0.405. The summed E-state index contributed by atoms with van der Waals surface area (Å²) in [6.07, 6.45) is 0. The van der Waals surface area contributed by atoms with Crippen molar-refractivity contribution in [3.63, 3.8) is 0 Å². The summed E-state index contributed by atoms with van der Waals surface area (Å²) in [5.74, 6) is 0. The number of benzene rings is 2. The summed E-state index contributed by atoms with van der Waals surface area (Å²) in [6.45, 7) is 0. The lowest BCUT2D eigenvalue weighted by atomic mass is 10.3. The van der Waals surface area contributed by atoms with Crippen molar-refractivity contribution in [1.82, 2.24) is 0 Å². The lowest BCUT2D eigenvalue weighted by Crippen LogP contribution is -2.11. The number of thiocarbonyl (C=S) groups is 1. The first-order chi connectivity index (χ1) is 11.0. The second-order valence-corrected chi connectivity index (χ2v) is 7.66.